The lowest BCUT2D eigenvalue weighted by Gasteiger charge is -2.15. The van der Waals surface area contributed by atoms with Crippen molar-refractivity contribution in [2.24, 2.45) is 0 Å². The third kappa shape index (κ3) is 6.55. The monoisotopic (exact) mass is 486 g/mol. The predicted molar refractivity (Wildman–Crippen MR) is 140 cm³/mol. The molecule has 4 bridgehead atoms. The number of hydrogen-bond donors (Lipinski definition) is 0. The van der Waals surface area contributed by atoms with Gasteiger partial charge in [0, 0.05) is 58.9 Å². The molecular weight excluding hydrogens is 460 g/mol. The zero-order valence-electron chi connectivity index (χ0n) is 18.9. The van der Waals surface area contributed by atoms with Crippen molar-refractivity contribution in [2.45, 2.75) is 36.2 Å². The number of nitrogens with zero attached hydrogens (tertiary/aromatic N) is 2. The smallest absolute Gasteiger partial charge is 0.120 e. The van der Waals surface area contributed by atoms with Gasteiger partial charge in [0.05, 0.1) is 0 Å². The number of thioether (sulfide) groups is 2. The van der Waals surface area contributed by atoms with Crippen molar-refractivity contribution in [3.63, 3.8) is 0 Å². The molecule has 2 aromatic heterocycles. The fourth-order valence-corrected chi connectivity index (χ4v) is 5.64. The number of ether oxygens (including phenoxy) is 2. The van der Waals surface area contributed by atoms with Crippen LogP contribution in [0.1, 0.15) is 33.4 Å². The maximum absolute atomic E-state index is 6.11. The fourth-order valence-electron chi connectivity index (χ4n) is 3.83. The fraction of sp³-hybridized carbons (Fsp3) is 0.214. The molecule has 1 aliphatic heterocycles. The van der Waals surface area contributed by atoms with Crippen molar-refractivity contribution in [1.29, 1.82) is 0 Å². The number of rotatable bonds is 6. The molecule has 0 fully saturated rings. The van der Waals surface area contributed by atoms with Gasteiger partial charge in [0.1, 0.15) is 24.7 Å². The van der Waals surface area contributed by atoms with Gasteiger partial charge in [-0.3, -0.25) is 9.97 Å². The van der Waals surface area contributed by atoms with Crippen LogP contribution in [-0.2, 0) is 36.2 Å². The molecule has 0 N–H and O–H groups in total. The van der Waals surface area contributed by atoms with Gasteiger partial charge in [-0.25, -0.2) is 0 Å². The highest BCUT2D eigenvalue weighted by atomic mass is 32.2. The van der Waals surface area contributed by atoms with Crippen molar-refractivity contribution in [3.8, 4) is 11.5 Å². The molecule has 34 heavy (non-hydrogen) atoms. The maximum atomic E-state index is 6.11. The molecular formula is C28H26N2O2S2. The van der Waals surface area contributed by atoms with E-state index in [-0.39, 0.29) is 0 Å². The molecule has 4 nitrogen and oxygen atoms in total. The summed E-state index contributed by atoms with van der Waals surface area (Å²) in [5.74, 6) is 5.63. The summed E-state index contributed by atoms with van der Waals surface area (Å²) in [6.45, 7) is 1.06. The van der Waals surface area contributed by atoms with Gasteiger partial charge >= 0.3 is 0 Å². The minimum Gasteiger partial charge on any atom is -0.489 e. The Labute approximate surface area is 209 Å². The van der Waals surface area contributed by atoms with Gasteiger partial charge < -0.3 is 9.47 Å². The van der Waals surface area contributed by atoms with Gasteiger partial charge in [0.25, 0.3) is 0 Å². The number of aromatic nitrogens is 2. The largest absolute Gasteiger partial charge is 0.489 e. The van der Waals surface area contributed by atoms with E-state index in [1.165, 1.54) is 22.3 Å². The van der Waals surface area contributed by atoms with Crippen molar-refractivity contribution in [2.75, 3.05) is 0 Å². The average molecular weight is 487 g/mol. The Morgan fingerprint density at radius 1 is 0.588 bits per heavy atom. The van der Waals surface area contributed by atoms with Crippen LogP contribution in [0.5, 0.6) is 11.5 Å². The molecule has 4 aromatic rings. The lowest BCUT2D eigenvalue weighted by Crippen LogP contribution is -1.99. The minimum absolute atomic E-state index is 0.531. The number of hydrogen-bond acceptors (Lipinski definition) is 6. The first-order valence-corrected chi connectivity index (χ1v) is 13.6. The van der Waals surface area contributed by atoms with Gasteiger partial charge in [-0.05, 0) is 58.7 Å². The van der Waals surface area contributed by atoms with Gasteiger partial charge in [0.15, 0.2) is 0 Å². The topological polar surface area (TPSA) is 44.2 Å². The van der Waals surface area contributed by atoms with Crippen molar-refractivity contribution < 1.29 is 9.47 Å². The molecule has 0 unspecified atom stereocenters. The van der Waals surface area contributed by atoms with Gasteiger partial charge in [-0.15, -0.1) is 0 Å². The Kier molecular flexibility index (Phi) is 7.68. The molecule has 6 heteroatoms. The maximum Gasteiger partial charge on any atom is 0.120 e. The third-order valence-corrected chi connectivity index (χ3v) is 7.53. The summed E-state index contributed by atoms with van der Waals surface area (Å²) in [5.41, 5.74) is 7.35. The molecule has 172 valence electrons. The Hall–Kier alpha value is -2.96. The van der Waals surface area contributed by atoms with E-state index in [4.69, 9.17) is 9.47 Å². The molecule has 0 radical (unpaired) electrons. The summed E-state index contributed by atoms with van der Waals surface area (Å²) in [4.78, 5) is 8.35. The van der Waals surface area contributed by atoms with E-state index in [0.29, 0.717) is 13.2 Å². The van der Waals surface area contributed by atoms with Gasteiger partial charge in [0.2, 0.25) is 0 Å². The predicted octanol–water partition coefficient (Wildman–Crippen LogP) is 6.81. The highest BCUT2D eigenvalue weighted by Crippen LogP contribution is 2.30. The second-order valence-electron chi connectivity index (χ2n) is 8.26. The molecule has 0 aliphatic carbocycles. The SMILES string of the molecule is c1cncc(COc2cc3cc(c2)CSCc2cc(cc(OCc4cccnc4)c2)CSC3)c1. The summed E-state index contributed by atoms with van der Waals surface area (Å²) in [5, 5.41) is 0. The van der Waals surface area contributed by atoms with E-state index < -0.39 is 0 Å². The first-order valence-electron chi connectivity index (χ1n) is 11.2. The highest BCUT2D eigenvalue weighted by molar-refractivity contribution is 7.98. The zero-order chi connectivity index (χ0) is 23.0. The lowest BCUT2D eigenvalue weighted by atomic mass is 10.1. The van der Waals surface area contributed by atoms with E-state index in [0.717, 1.165) is 45.6 Å². The Balaban J connectivity index is 1.27. The quantitative estimate of drug-likeness (QED) is 0.298. The Morgan fingerprint density at radius 2 is 1.00 bits per heavy atom. The van der Waals surface area contributed by atoms with Crippen molar-refractivity contribution in [3.05, 3.63) is 119 Å². The van der Waals surface area contributed by atoms with E-state index >= 15 is 0 Å². The second kappa shape index (κ2) is 11.4. The average Bonchev–Trinajstić information content (AvgIpc) is 2.87. The summed E-state index contributed by atoms with van der Waals surface area (Å²) >= 11 is 3.84. The third-order valence-electron chi connectivity index (χ3n) is 5.38. The molecule has 0 spiro atoms. The molecule has 2 aromatic carbocycles. The molecule has 0 saturated heterocycles. The van der Waals surface area contributed by atoms with Gasteiger partial charge in [-0.2, -0.15) is 23.5 Å². The van der Waals surface area contributed by atoms with E-state index in [2.05, 4.69) is 46.4 Å². The first-order chi connectivity index (χ1) is 16.8. The van der Waals surface area contributed by atoms with E-state index in [9.17, 15) is 0 Å². The lowest BCUT2D eigenvalue weighted by molar-refractivity contribution is 0.305. The Morgan fingerprint density at radius 3 is 1.35 bits per heavy atom. The van der Waals surface area contributed by atoms with Crippen LogP contribution in [-0.4, -0.2) is 9.97 Å². The van der Waals surface area contributed by atoms with Crippen LogP contribution in [0.25, 0.3) is 0 Å². The molecule has 3 heterocycles. The van der Waals surface area contributed by atoms with Crippen LogP contribution in [0.15, 0.2) is 85.5 Å². The van der Waals surface area contributed by atoms with Crippen molar-refractivity contribution >= 4 is 23.5 Å². The highest BCUT2D eigenvalue weighted by Gasteiger charge is 2.09. The van der Waals surface area contributed by atoms with E-state index in [1.54, 1.807) is 12.4 Å². The number of benzene rings is 2. The van der Waals surface area contributed by atoms with Crippen LogP contribution in [0.2, 0.25) is 0 Å². The van der Waals surface area contributed by atoms with Crippen LogP contribution in [0, 0.1) is 0 Å². The Bertz CT molecular complexity index is 1080. The van der Waals surface area contributed by atoms with Crippen LogP contribution in [0.4, 0.5) is 0 Å². The normalized spacial score (nSPS) is 13.4. The summed E-state index contributed by atoms with van der Waals surface area (Å²) in [6, 6.07) is 21.3. The van der Waals surface area contributed by atoms with Crippen LogP contribution < -0.4 is 9.47 Å². The first kappa shape index (κ1) is 22.8. The summed E-state index contributed by atoms with van der Waals surface area (Å²) < 4.78 is 12.2. The molecule has 0 atom stereocenters. The molecule has 5 rings (SSSR count). The molecule has 1 aliphatic rings. The number of pyridine rings is 2. The summed E-state index contributed by atoms with van der Waals surface area (Å²) in [7, 11) is 0. The summed E-state index contributed by atoms with van der Waals surface area (Å²) in [6.07, 6.45) is 7.27. The number of fused-ring (bicyclic) bond motifs is 4. The molecule has 0 saturated carbocycles. The van der Waals surface area contributed by atoms with Crippen LogP contribution in [0.3, 0.4) is 0 Å². The minimum atomic E-state index is 0.531. The van der Waals surface area contributed by atoms with Crippen molar-refractivity contribution in [1.82, 2.24) is 9.97 Å². The standard InChI is InChI=1S/C28H26N2O2S2/c1-3-21(13-29-5-1)15-31-27-9-23-7-24(10-27)18-34-20-26-8-25(19-33-17-23)11-28(12-26)32-16-22-4-2-6-30-14-22/h1-14H,15-20H2. The van der Waals surface area contributed by atoms with E-state index in [1.807, 2.05) is 60.2 Å². The van der Waals surface area contributed by atoms with Gasteiger partial charge in [-0.1, -0.05) is 24.3 Å². The zero-order valence-corrected chi connectivity index (χ0v) is 20.5. The second-order valence-corrected chi connectivity index (χ2v) is 10.2. The molecule has 0 amide bonds. The van der Waals surface area contributed by atoms with Crippen LogP contribution >= 0.6 is 23.5 Å².